The first kappa shape index (κ1) is 11.2. The number of nitrogens with one attached hydrogen (secondary N) is 1. The third-order valence-electron chi connectivity index (χ3n) is 2.09. The summed E-state index contributed by atoms with van der Waals surface area (Å²) in [7, 11) is 0. The van der Waals surface area contributed by atoms with Gasteiger partial charge < -0.3 is 4.74 Å². The first-order chi connectivity index (χ1) is 8.31. The van der Waals surface area contributed by atoms with Crippen LogP contribution >= 0.6 is 0 Å². The van der Waals surface area contributed by atoms with Gasteiger partial charge in [0, 0.05) is 12.7 Å². The third-order valence-corrected chi connectivity index (χ3v) is 2.09. The summed E-state index contributed by atoms with van der Waals surface area (Å²) in [6.07, 6.45) is 2.39. The van der Waals surface area contributed by atoms with Gasteiger partial charge >= 0.3 is 5.97 Å². The van der Waals surface area contributed by atoms with Crippen LogP contribution in [-0.4, -0.2) is 36.4 Å². The number of aromatic nitrogens is 6. The maximum atomic E-state index is 11.5. The highest BCUT2D eigenvalue weighted by Gasteiger charge is 2.11. The second kappa shape index (κ2) is 5.19. The molecule has 0 aromatic carbocycles. The smallest absolute Gasteiger partial charge is 0.356 e. The second-order valence-corrected chi connectivity index (χ2v) is 3.36. The molecule has 2 heterocycles. The Morgan fingerprint density at radius 2 is 2.47 bits per heavy atom. The fourth-order valence-corrected chi connectivity index (χ4v) is 1.29. The molecule has 90 valence electrons. The normalized spacial score (nSPS) is 10.4. The van der Waals surface area contributed by atoms with Gasteiger partial charge in [0.2, 0.25) is 0 Å². The minimum atomic E-state index is -0.478. The minimum Gasteiger partial charge on any atom is -0.453 e. The molecule has 2 aromatic rings. The lowest BCUT2D eigenvalue weighted by Crippen LogP contribution is -2.11. The van der Waals surface area contributed by atoms with E-state index in [9.17, 15) is 4.79 Å². The molecular formula is C9H12N6O2. The van der Waals surface area contributed by atoms with E-state index in [2.05, 4.69) is 25.7 Å². The number of rotatable bonds is 5. The summed E-state index contributed by atoms with van der Waals surface area (Å²) in [4.78, 5) is 11.5. The molecule has 8 nitrogen and oxygen atoms in total. The zero-order valence-electron chi connectivity index (χ0n) is 9.33. The molecule has 2 rings (SSSR count). The number of aryl methyl sites for hydroxylation is 1. The quantitative estimate of drug-likeness (QED) is 0.742. The van der Waals surface area contributed by atoms with E-state index in [1.54, 1.807) is 4.68 Å². The summed E-state index contributed by atoms with van der Waals surface area (Å²) in [6.45, 7) is 2.76. The van der Waals surface area contributed by atoms with Crippen LogP contribution in [0.3, 0.4) is 0 Å². The Morgan fingerprint density at radius 3 is 3.18 bits per heavy atom. The molecule has 0 spiro atoms. The Kier molecular flexibility index (Phi) is 3.43. The molecule has 2 aromatic heterocycles. The van der Waals surface area contributed by atoms with Crippen molar-refractivity contribution in [2.45, 2.75) is 26.5 Å². The summed E-state index contributed by atoms with van der Waals surface area (Å²) in [5.41, 5.74) is 0.305. The number of esters is 1. The molecule has 17 heavy (non-hydrogen) atoms. The van der Waals surface area contributed by atoms with Gasteiger partial charge in [-0.2, -0.15) is 5.10 Å². The number of hydrogen-bond acceptors (Lipinski definition) is 6. The standard InChI is InChI=1S/C9H12N6O2/c1-2-5-15-8(12-13-14-15)6-17-9(16)7-3-4-10-11-7/h3-4H,2,5-6H2,1H3,(H,10,11). The van der Waals surface area contributed by atoms with Crippen LogP contribution in [0.15, 0.2) is 12.3 Å². The van der Waals surface area contributed by atoms with Crippen molar-refractivity contribution in [3.63, 3.8) is 0 Å². The largest absolute Gasteiger partial charge is 0.453 e. The lowest BCUT2D eigenvalue weighted by Gasteiger charge is -2.03. The van der Waals surface area contributed by atoms with Gasteiger partial charge in [-0.15, -0.1) is 5.10 Å². The highest BCUT2D eigenvalue weighted by atomic mass is 16.5. The van der Waals surface area contributed by atoms with Gasteiger partial charge in [-0.25, -0.2) is 9.48 Å². The van der Waals surface area contributed by atoms with E-state index >= 15 is 0 Å². The summed E-state index contributed by atoms with van der Waals surface area (Å²) in [6, 6.07) is 1.54. The summed E-state index contributed by atoms with van der Waals surface area (Å²) >= 11 is 0. The zero-order valence-corrected chi connectivity index (χ0v) is 9.33. The van der Waals surface area contributed by atoms with E-state index in [0.717, 1.165) is 6.42 Å². The van der Waals surface area contributed by atoms with Crippen molar-refractivity contribution >= 4 is 5.97 Å². The number of nitrogens with zero attached hydrogens (tertiary/aromatic N) is 5. The number of H-pyrrole nitrogens is 1. The summed E-state index contributed by atoms with van der Waals surface area (Å²) in [5, 5.41) is 17.3. The summed E-state index contributed by atoms with van der Waals surface area (Å²) < 4.78 is 6.66. The molecule has 0 fully saturated rings. The van der Waals surface area contributed by atoms with Gasteiger partial charge in [0.05, 0.1) is 0 Å². The number of carbonyl (C=O) groups excluding carboxylic acids is 1. The molecule has 0 saturated carbocycles. The number of ether oxygens (including phenoxy) is 1. The van der Waals surface area contributed by atoms with Crippen LogP contribution in [-0.2, 0) is 17.9 Å². The van der Waals surface area contributed by atoms with Crippen molar-refractivity contribution < 1.29 is 9.53 Å². The minimum absolute atomic E-state index is 0.0465. The van der Waals surface area contributed by atoms with Gasteiger partial charge in [-0.1, -0.05) is 6.92 Å². The maximum Gasteiger partial charge on any atom is 0.356 e. The van der Waals surface area contributed by atoms with Crippen LogP contribution in [0.25, 0.3) is 0 Å². The Hall–Kier alpha value is -2.25. The van der Waals surface area contributed by atoms with Gasteiger partial charge in [0.15, 0.2) is 12.4 Å². The average Bonchev–Trinajstić information content (AvgIpc) is 2.97. The van der Waals surface area contributed by atoms with E-state index in [-0.39, 0.29) is 6.61 Å². The Balaban J connectivity index is 1.93. The molecule has 1 N–H and O–H groups in total. The van der Waals surface area contributed by atoms with Crippen LogP contribution in [0.5, 0.6) is 0 Å². The third kappa shape index (κ3) is 2.65. The lowest BCUT2D eigenvalue weighted by atomic mass is 10.4. The molecule has 0 saturated heterocycles. The van der Waals surface area contributed by atoms with Crippen molar-refractivity contribution in [3.05, 3.63) is 23.8 Å². The monoisotopic (exact) mass is 236 g/mol. The van der Waals surface area contributed by atoms with Gasteiger partial charge in [0.25, 0.3) is 0 Å². The van der Waals surface area contributed by atoms with Crippen molar-refractivity contribution in [1.29, 1.82) is 0 Å². The van der Waals surface area contributed by atoms with E-state index in [1.165, 1.54) is 12.3 Å². The second-order valence-electron chi connectivity index (χ2n) is 3.36. The highest BCUT2D eigenvalue weighted by Crippen LogP contribution is 2.01. The average molecular weight is 236 g/mol. The van der Waals surface area contributed by atoms with E-state index < -0.39 is 5.97 Å². The van der Waals surface area contributed by atoms with Crippen LogP contribution in [0.2, 0.25) is 0 Å². The van der Waals surface area contributed by atoms with E-state index in [1.807, 2.05) is 6.92 Å². The predicted octanol–water partition coefficient (Wildman–Crippen LogP) is 0.163. The van der Waals surface area contributed by atoms with Crippen LogP contribution in [0.4, 0.5) is 0 Å². The first-order valence-corrected chi connectivity index (χ1v) is 5.22. The van der Waals surface area contributed by atoms with Crippen LogP contribution < -0.4 is 0 Å². The Morgan fingerprint density at radius 1 is 1.59 bits per heavy atom. The predicted molar refractivity (Wildman–Crippen MR) is 55.8 cm³/mol. The van der Waals surface area contributed by atoms with E-state index in [0.29, 0.717) is 18.1 Å². The lowest BCUT2D eigenvalue weighted by molar-refractivity contribution is 0.0449. The van der Waals surface area contributed by atoms with Crippen molar-refractivity contribution in [2.24, 2.45) is 0 Å². The Bertz CT molecular complexity index is 477. The van der Waals surface area contributed by atoms with Gasteiger partial charge in [0.1, 0.15) is 5.69 Å². The molecule has 0 amide bonds. The first-order valence-electron chi connectivity index (χ1n) is 5.22. The molecule has 0 aliphatic rings. The van der Waals surface area contributed by atoms with E-state index in [4.69, 9.17) is 4.74 Å². The molecule has 8 heteroatoms. The topological polar surface area (TPSA) is 98.6 Å². The maximum absolute atomic E-state index is 11.5. The van der Waals surface area contributed by atoms with Crippen LogP contribution in [0, 0.1) is 0 Å². The van der Waals surface area contributed by atoms with Crippen LogP contribution in [0.1, 0.15) is 29.7 Å². The van der Waals surface area contributed by atoms with Gasteiger partial charge in [-0.3, -0.25) is 5.10 Å². The number of hydrogen-bond donors (Lipinski definition) is 1. The Labute approximate surface area is 97.0 Å². The molecular weight excluding hydrogens is 224 g/mol. The van der Waals surface area contributed by atoms with Crippen molar-refractivity contribution in [3.8, 4) is 0 Å². The molecule has 0 aliphatic heterocycles. The van der Waals surface area contributed by atoms with Crippen molar-refractivity contribution in [2.75, 3.05) is 0 Å². The fourth-order valence-electron chi connectivity index (χ4n) is 1.29. The number of carbonyl (C=O) groups is 1. The fraction of sp³-hybridized carbons (Fsp3) is 0.444. The molecule has 0 atom stereocenters. The van der Waals surface area contributed by atoms with Gasteiger partial charge in [-0.05, 0) is 22.9 Å². The van der Waals surface area contributed by atoms with Crippen molar-refractivity contribution in [1.82, 2.24) is 30.4 Å². The number of aromatic amines is 1. The number of tetrazole rings is 1. The molecule has 0 aliphatic carbocycles. The molecule has 0 radical (unpaired) electrons. The molecule has 0 unspecified atom stereocenters. The summed E-state index contributed by atoms with van der Waals surface area (Å²) in [5.74, 6) is 0.0493. The zero-order chi connectivity index (χ0) is 12.1. The highest BCUT2D eigenvalue weighted by molar-refractivity contribution is 5.86. The SMILES string of the molecule is CCCn1nnnc1COC(=O)c1ccn[nH]1. The molecule has 0 bridgehead atoms.